The molecule has 1 fully saturated rings. The Labute approximate surface area is 115 Å². The molecule has 0 spiro atoms. The Morgan fingerprint density at radius 1 is 1.42 bits per heavy atom. The molecule has 0 aromatic rings. The highest BCUT2D eigenvalue weighted by Crippen LogP contribution is 2.17. The Hall–Kier alpha value is -1.10. The topological polar surface area (TPSA) is 58.6 Å². The first-order chi connectivity index (χ1) is 8.88. The quantitative estimate of drug-likeness (QED) is 0.762. The minimum atomic E-state index is -0.172. The van der Waals surface area contributed by atoms with E-state index in [1.165, 1.54) is 7.11 Å². The summed E-state index contributed by atoms with van der Waals surface area (Å²) in [5.74, 6) is -0.234. The van der Waals surface area contributed by atoms with Gasteiger partial charge in [-0.25, -0.2) is 0 Å². The summed E-state index contributed by atoms with van der Waals surface area (Å²) in [7, 11) is 1.41. The number of likely N-dealkylation sites (tertiary alicyclic amines) is 1. The number of ether oxygens (including phenoxy) is 1. The summed E-state index contributed by atoms with van der Waals surface area (Å²) in [5, 5.41) is 3.01. The zero-order chi connectivity index (χ0) is 14.5. The Morgan fingerprint density at radius 3 is 2.68 bits per heavy atom. The first-order valence-corrected chi connectivity index (χ1v) is 6.99. The average Bonchev–Trinajstić information content (AvgIpc) is 2.37. The van der Waals surface area contributed by atoms with Crippen LogP contribution in [0.1, 0.15) is 40.0 Å². The molecule has 1 amide bonds. The van der Waals surface area contributed by atoms with Crippen molar-refractivity contribution in [1.82, 2.24) is 10.2 Å². The van der Waals surface area contributed by atoms with Crippen molar-refractivity contribution in [3.63, 3.8) is 0 Å². The van der Waals surface area contributed by atoms with Crippen molar-refractivity contribution in [2.24, 2.45) is 5.92 Å². The SMILES string of the molecule is CCC(C)(C)NC(=O)CN1CCC[C@H](C(=O)OC)C1. The van der Waals surface area contributed by atoms with Crippen LogP contribution < -0.4 is 5.32 Å². The number of nitrogens with one attached hydrogen (secondary N) is 1. The Bertz CT molecular complexity index is 329. The van der Waals surface area contributed by atoms with Crippen LogP contribution in [-0.2, 0) is 14.3 Å². The molecule has 5 heteroatoms. The van der Waals surface area contributed by atoms with Gasteiger partial charge in [0.15, 0.2) is 0 Å². The summed E-state index contributed by atoms with van der Waals surface area (Å²) in [6.45, 7) is 7.92. The van der Waals surface area contributed by atoms with Crippen molar-refractivity contribution >= 4 is 11.9 Å². The van der Waals surface area contributed by atoms with Gasteiger partial charge in [0.05, 0.1) is 19.6 Å². The maximum Gasteiger partial charge on any atom is 0.309 e. The van der Waals surface area contributed by atoms with Gasteiger partial charge in [-0.1, -0.05) is 6.92 Å². The lowest BCUT2D eigenvalue weighted by Gasteiger charge is -2.32. The second-order valence-electron chi connectivity index (χ2n) is 5.88. The van der Waals surface area contributed by atoms with Gasteiger partial charge < -0.3 is 10.1 Å². The van der Waals surface area contributed by atoms with Gasteiger partial charge in [-0.3, -0.25) is 14.5 Å². The fourth-order valence-electron chi connectivity index (χ4n) is 2.27. The molecule has 110 valence electrons. The Balaban J connectivity index is 2.44. The third-order valence-corrected chi connectivity index (χ3v) is 3.77. The molecule has 0 aromatic heterocycles. The van der Waals surface area contributed by atoms with Gasteiger partial charge in [0.2, 0.25) is 5.91 Å². The zero-order valence-corrected chi connectivity index (χ0v) is 12.5. The Morgan fingerprint density at radius 2 is 2.11 bits per heavy atom. The molecule has 0 bridgehead atoms. The molecule has 1 atom stereocenters. The molecule has 0 aliphatic carbocycles. The van der Waals surface area contributed by atoms with Gasteiger partial charge in [-0.15, -0.1) is 0 Å². The van der Waals surface area contributed by atoms with Gasteiger partial charge in [0.25, 0.3) is 0 Å². The second kappa shape index (κ2) is 6.89. The van der Waals surface area contributed by atoms with Crippen LogP contribution in [-0.4, -0.2) is 49.1 Å². The maximum atomic E-state index is 12.0. The van der Waals surface area contributed by atoms with Crippen LogP contribution in [0.5, 0.6) is 0 Å². The molecule has 5 nitrogen and oxygen atoms in total. The number of carbonyl (C=O) groups is 2. The molecule has 0 radical (unpaired) electrons. The molecule has 0 unspecified atom stereocenters. The van der Waals surface area contributed by atoms with E-state index >= 15 is 0 Å². The molecule has 1 aliphatic rings. The number of rotatable bonds is 5. The van der Waals surface area contributed by atoms with Crippen molar-refractivity contribution in [2.75, 3.05) is 26.7 Å². The van der Waals surface area contributed by atoms with Crippen molar-refractivity contribution in [3.8, 4) is 0 Å². The van der Waals surface area contributed by atoms with Crippen LogP contribution in [0.2, 0.25) is 0 Å². The summed E-state index contributed by atoms with van der Waals surface area (Å²) in [6.07, 6.45) is 2.68. The third kappa shape index (κ3) is 5.19. The smallest absolute Gasteiger partial charge is 0.309 e. The monoisotopic (exact) mass is 270 g/mol. The van der Waals surface area contributed by atoms with Crippen LogP contribution in [0.3, 0.4) is 0 Å². The van der Waals surface area contributed by atoms with E-state index in [1.54, 1.807) is 0 Å². The molecule has 1 heterocycles. The molecular formula is C14H26N2O3. The summed E-state index contributed by atoms with van der Waals surface area (Å²) < 4.78 is 4.77. The van der Waals surface area contributed by atoms with Crippen LogP contribution in [0.15, 0.2) is 0 Å². The van der Waals surface area contributed by atoms with Crippen molar-refractivity contribution in [1.29, 1.82) is 0 Å². The summed E-state index contributed by atoms with van der Waals surface area (Å²) in [5.41, 5.74) is -0.172. The summed E-state index contributed by atoms with van der Waals surface area (Å²) in [6, 6.07) is 0. The van der Waals surface area contributed by atoms with Crippen LogP contribution in [0, 0.1) is 5.92 Å². The minimum Gasteiger partial charge on any atom is -0.469 e. The van der Waals surface area contributed by atoms with E-state index in [-0.39, 0.29) is 23.3 Å². The van der Waals surface area contributed by atoms with Crippen LogP contribution in [0.25, 0.3) is 0 Å². The number of amides is 1. The predicted molar refractivity (Wildman–Crippen MR) is 73.7 cm³/mol. The highest BCUT2D eigenvalue weighted by molar-refractivity contribution is 5.79. The number of carbonyl (C=O) groups excluding carboxylic acids is 2. The molecule has 19 heavy (non-hydrogen) atoms. The number of hydrogen-bond acceptors (Lipinski definition) is 4. The number of piperidine rings is 1. The van der Waals surface area contributed by atoms with Crippen LogP contribution in [0.4, 0.5) is 0 Å². The van der Waals surface area contributed by atoms with Gasteiger partial charge in [-0.2, -0.15) is 0 Å². The molecule has 1 rings (SSSR count). The number of methoxy groups -OCH3 is 1. The molecule has 1 saturated heterocycles. The minimum absolute atomic E-state index is 0.0253. The lowest BCUT2D eigenvalue weighted by molar-refractivity contribution is -0.147. The van der Waals surface area contributed by atoms with Crippen molar-refractivity contribution in [2.45, 2.75) is 45.6 Å². The van der Waals surface area contributed by atoms with E-state index in [2.05, 4.69) is 12.2 Å². The van der Waals surface area contributed by atoms with Gasteiger partial charge in [-0.05, 0) is 39.7 Å². The maximum absolute atomic E-state index is 12.0. The zero-order valence-electron chi connectivity index (χ0n) is 12.5. The van der Waals surface area contributed by atoms with Gasteiger partial charge in [0, 0.05) is 12.1 Å². The average molecular weight is 270 g/mol. The standard InChI is InChI=1S/C14H26N2O3/c1-5-14(2,3)15-12(17)10-16-8-6-7-11(9-16)13(18)19-4/h11H,5-10H2,1-4H3,(H,15,17)/t11-/m0/s1. The van der Waals surface area contributed by atoms with Crippen molar-refractivity contribution < 1.29 is 14.3 Å². The number of hydrogen-bond donors (Lipinski definition) is 1. The molecule has 1 aliphatic heterocycles. The molecule has 1 N–H and O–H groups in total. The third-order valence-electron chi connectivity index (χ3n) is 3.77. The molecule has 0 aromatic carbocycles. The van der Waals surface area contributed by atoms with E-state index in [4.69, 9.17) is 4.74 Å². The van der Waals surface area contributed by atoms with E-state index in [9.17, 15) is 9.59 Å². The largest absolute Gasteiger partial charge is 0.469 e. The molecular weight excluding hydrogens is 244 g/mol. The normalized spacial score (nSPS) is 20.9. The van der Waals surface area contributed by atoms with E-state index in [1.807, 2.05) is 18.7 Å². The van der Waals surface area contributed by atoms with Crippen LogP contribution >= 0.6 is 0 Å². The fraction of sp³-hybridized carbons (Fsp3) is 0.857. The van der Waals surface area contributed by atoms with Crippen molar-refractivity contribution in [3.05, 3.63) is 0 Å². The number of esters is 1. The predicted octanol–water partition coefficient (Wildman–Crippen LogP) is 1.18. The molecule has 0 saturated carbocycles. The van der Waals surface area contributed by atoms with E-state index in [0.29, 0.717) is 13.1 Å². The first-order valence-electron chi connectivity index (χ1n) is 6.99. The summed E-state index contributed by atoms with van der Waals surface area (Å²) in [4.78, 5) is 25.5. The first kappa shape index (κ1) is 16.0. The second-order valence-corrected chi connectivity index (χ2v) is 5.88. The number of nitrogens with zero attached hydrogens (tertiary/aromatic N) is 1. The van der Waals surface area contributed by atoms with Gasteiger partial charge >= 0.3 is 5.97 Å². The summed E-state index contributed by atoms with van der Waals surface area (Å²) >= 11 is 0. The Kier molecular flexibility index (Phi) is 5.79. The highest BCUT2D eigenvalue weighted by Gasteiger charge is 2.28. The lowest BCUT2D eigenvalue weighted by atomic mass is 9.98. The van der Waals surface area contributed by atoms with E-state index < -0.39 is 0 Å². The highest BCUT2D eigenvalue weighted by atomic mass is 16.5. The van der Waals surface area contributed by atoms with E-state index in [0.717, 1.165) is 25.8 Å². The lowest BCUT2D eigenvalue weighted by Crippen LogP contribution is -2.49. The van der Waals surface area contributed by atoms with Gasteiger partial charge in [0.1, 0.15) is 0 Å². The fourth-order valence-corrected chi connectivity index (χ4v) is 2.27.